The summed E-state index contributed by atoms with van der Waals surface area (Å²) >= 11 is 0. The lowest BCUT2D eigenvalue weighted by Gasteiger charge is -2.16. The zero-order valence-corrected chi connectivity index (χ0v) is 21.6. The van der Waals surface area contributed by atoms with Gasteiger partial charge in [-0.25, -0.2) is 13.4 Å². The summed E-state index contributed by atoms with van der Waals surface area (Å²) in [7, 11) is -2.54. The van der Waals surface area contributed by atoms with E-state index in [0.29, 0.717) is 0 Å². The molecule has 200 valence electrons. The first-order valence-corrected chi connectivity index (χ1v) is 13.1. The third-order valence-electron chi connectivity index (χ3n) is 5.81. The molecule has 0 aliphatic carbocycles. The van der Waals surface area contributed by atoms with Crippen LogP contribution in [0.5, 0.6) is 5.75 Å². The van der Waals surface area contributed by atoms with Gasteiger partial charge in [0.25, 0.3) is 21.6 Å². The second-order valence-corrected chi connectivity index (χ2v) is 10.1. The highest BCUT2D eigenvalue weighted by atomic mass is 32.2. The molecule has 1 amide bonds. The summed E-state index contributed by atoms with van der Waals surface area (Å²) in [5, 5.41) is 26.6. The summed E-state index contributed by atoms with van der Waals surface area (Å²) in [6.07, 6.45) is 1.40. The number of nitro groups is 1. The Kier molecular flexibility index (Phi) is 7.72. The van der Waals surface area contributed by atoms with Crippen molar-refractivity contribution in [2.75, 3.05) is 17.1 Å². The Morgan fingerprint density at radius 1 is 1.00 bits per heavy atom. The van der Waals surface area contributed by atoms with E-state index in [1.54, 1.807) is 12.1 Å². The molecule has 4 rings (SSSR count). The molecule has 39 heavy (non-hydrogen) atoms. The number of sulfonamides is 1. The van der Waals surface area contributed by atoms with Crippen LogP contribution < -0.4 is 15.4 Å². The van der Waals surface area contributed by atoms with Gasteiger partial charge in [-0.2, -0.15) is 4.98 Å². The van der Waals surface area contributed by atoms with Gasteiger partial charge in [-0.1, -0.05) is 30.3 Å². The van der Waals surface area contributed by atoms with E-state index in [9.17, 15) is 28.4 Å². The molecule has 0 aliphatic heterocycles. The first-order valence-electron chi connectivity index (χ1n) is 11.6. The van der Waals surface area contributed by atoms with Gasteiger partial charge in [-0.3, -0.25) is 19.6 Å². The van der Waals surface area contributed by atoms with Crippen LogP contribution in [-0.2, 0) is 10.0 Å². The van der Waals surface area contributed by atoms with Crippen LogP contribution in [0.1, 0.15) is 28.9 Å². The van der Waals surface area contributed by atoms with Crippen LogP contribution in [-0.4, -0.2) is 41.4 Å². The van der Waals surface area contributed by atoms with Crippen molar-refractivity contribution in [3.05, 3.63) is 100 Å². The van der Waals surface area contributed by atoms with E-state index in [-0.39, 0.29) is 45.6 Å². The minimum Gasteiger partial charge on any atom is -0.507 e. The van der Waals surface area contributed by atoms with E-state index in [0.717, 1.165) is 41.0 Å². The van der Waals surface area contributed by atoms with Gasteiger partial charge >= 0.3 is 0 Å². The van der Waals surface area contributed by atoms with Crippen LogP contribution in [0.3, 0.4) is 0 Å². The number of aromatic hydroxyl groups is 1. The molecule has 0 spiro atoms. The molecule has 12 nitrogen and oxygen atoms in total. The molecular formula is C26H24N6O6S. The largest absolute Gasteiger partial charge is 0.507 e. The summed E-state index contributed by atoms with van der Waals surface area (Å²) in [5.41, 5.74) is 2.44. The van der Waals surface area contributed by atoms with Crippen LogP contribution in [0.4, 0.5) is 17.5 Å². The van der Waals surface area contributed by atoms with Crippen molar-refractivity contribution in [1.82, 2.24) is 15.3 Å². The minimum atomic E-state index is -4.03. The zero-order chi connectivity index (χ0) is 28.2. The SMILES string of the molecule is CNC(=O)c1ccc(-c2ccc([C@H](C)Nc3nccc(NS(=O)(=O)c4ccc([N+](=O)[O-])cc4)n3)cc2)cc1O. The number of benzene rings is 3. The van der Waals surface area contributed by atoms with Crippen molar-refractivity contribution in [2.24, 2.45) is 0 Å². The van der Waals surface area contributed by atoms with Crippen LogP contribution in [0.2, 0.25) is 0 Å². The van der Waals surface area contributed by atoms with Crippen molar-refractivity contribution < 1.29 is 23.2 Å². The Labute approximate surface area is 224 Å². The molecule has 0 saturated heterocycles. The molecule has 0 fully saturated rings. The van der Waals surface area contributed by atoms with Gasteiger partial charge in [0.05, 0.1) is 21.4 Å². The van der Waals surface area contributed by atoms with Crippen LogP contribution in [0, 0.1) is 10.1 Å². The quantitative estimate of drug-likeness (QED) is 0.177. The molecule has 1 aromatic heterocycles. The number of nitrogens with one attached hydrogen (secondary N) is 3. The molecule has 1 atom stereocenters. The summed E-state index contributed by atoms with van der Waals surface area (Å²) in [6, 6.07) is 18.0. The highest BCUT2D eigenvalue weighted by molar-refractivity contribution is 7.92. The first-order chi connectivity index (χ1) is 18.6. The molecule has 0 aliphatic rings. The number of hydrogen-bond donors (Lipinski definition) is 4. The molecule has 4 aromatic rings. The second kappa shape index (κ2) is 11.1. The highest BCUT2D eigenvalue weighted by Crippen LogP contribution is 2.28. The van der Waals surface area contributed by atoms with Gasteiger partial charge in [0.2, 0.25) is 5.95 Å². The maximum atomic E-state index is 12.7. The van der Waals surface area contributed by atoms with E-state index < -0.39 is 14.9 Å². The van der Waals surface area contributed by atoms with Gasteiger partial charge < -0.3 is 15.7 Å². The molecule has 4 N–H and O–H groups in total. The number of hydrogen-bond acceptors (Lipinski definition) is 9. The van der Waals surface area contributed by atoms with Gasteiger partial charge in [0, 0.05) is 25.4 Å². The summed E-state index contributed by atoms with van der Waals surface area (Å²) in [6.45, 7) is 1.88. The Balaban J connectivity index is 1.44. The van der Waals surface area contributed by atoms with Crippen molar-refractivity contribution >= 4 is 33.4 Å². The second-order valence-electron chi connectivity index (χ2n) is 8.42. The average molecular weight is 549 g/mol. The number of amides is 1. The van der Waals surface area contributed by atoms with Crippen molar-refractivity contribution in [1.29, 1.82) is 0 Å². The Hall–Kier alpha value is -5.04. The Morgan fingerprint density at radius 2 is 1.67 bits per heavy atom. The number of anilines is 2. The smallest absolute Gasteiger partial charge is 0.269 e. The normalized spacial score (nSPS) is 11.8. The number of non-ortho nitro benzene ring substituents is 1. The predicted molar refractivity (Wildman–Crippen MR) is 145 cm³/mol. The van der Waals surface area contributed by atoms with Gasteiger partial charge in [-0.15, -0.1) is 0 Å². The molecule has 0 unspecified atom stereocenters. The Morgan fingerprint density at radius 3 is 2.28 bits per heavy atom. The molecule has 13 heteroatoms. The van der Waals surface area contributed by atoms with E-state index in [1.807, 2.05) is 31.2 Å². The van der Waals surface area contributed by atoms with Gasteiger partial charge in [0.1, 0.15) is 11.6 Å². The fourth-order valence-electron chi connectivity index (χ4n) is 3.71. The monoisotopic (exact) mass is 548 g/mol. The fraction of sp³-hybridized carbons (Fsp3) is 0.115. The zero-order valence-electron chi connectivity index (χ0n) is 20.8. The van der Waals surface area contributed by atoms with Crippen LogP contribution >= 0.6 is 0 Å². The highest BCUT2D eigenvalue weighted by Gasteiger charge is 2.18. The average Bonchev–Trinajstić information content (AvgIpc) is 2.92. The lowest BCUT2D eigenvalue weighted by atomic mass is 10.00. The first kappa shape index (κ1) is 27.0. The number of carbonyl (C=O) groups excluding carboxylic acids is 1. The molecule has 1 heterocycles. The van der Waals surface area contributed by atoms with Crippen molar-refractivity contribution in [3.63, 3.8) is 0 Å². The van der Waals surface area contributed by atoms with E-state index >= 15 is 0 Å². The number of aromatic nitrogens is 2. The van der Waals surface area contributed by atoms with E-state index in [4.69, 9.17) is 0 Å². The predicted octanol–water partition coefficient (Wildman–Crippen LogP) is 4.09. The number of nitrogens with zero attached hydrogens (tertiary/aromatic N) is 3. The summed E-state index contributed by atoms with van der Waals surface area (Å²) < 4.78 is 27.7. The standard InChI is InChI=1S/C26H24N6O6S/c1-16(17-3-5-18(6-4-17)19-7-12-22(23(33)15-19)25(34)27-2)29-26-28-14-13-24(30-26)31-39(37,38)21-10-8-20(9-11-21)32(35)36/h3-16,33H,1-2H3,(H,27,34)(H2,28,29,30,31)/t16-/m0/s1. The van der Waals surface area contributed by atoms with Gasteiger partial charge in [-0.05, 0) is 53.9 Å². The fourth-order valence-corrected chi connectivity index (χ4v) is 4.71. The molecule has 0 bridgehead atoms. The lowest BCUT2D eigenvalue weighted by Crippen LogP contribution is -2.17. The number of phenolic OH excluding ortho intramolecular Hbond substituents is 1. The van der Waals surface area contributed by atoms with E-state index in [2.05, 4.69) is 25.3 Å². The maximum Gasteiger partial charge on any atom is 0.269 e. The lowest BCUT2D eigenvalue weighted by molar-refractivity contribution is -0.384. The minimum absolute atomic E-state index is 0.0217. The molecule has 3 aromatic carbocycles. The topological polar surface area (TPSA) is 176 Å². The summed E-state index contributed by atoms with van der Waals surface area (Å²) in [5.74, 6) is -0.287. The number of phenols is 1. The third-order valence-corrected chi connectivity index (χ3v) is 7.18. The third kappa shape index (κ3) is 6.27. The van der Waals surface area contributed by atoms with E-state index in [1.165, 1.54) is 25.4 Å². The number of nitro benzene ring substituents is 1. The summed E-state index contributed by atoms with van der Waals surface area (Å²) in [4.78, 5) is 30.2. The van der Waals surface area contributed by atoms with Crippen LogP contribution in [0.15, 0.2) is 83.9 Å². The van der Waals surface area contributed by atoms with Crippen LogP contribution in [0.25, 0.3) is 11.1 Å². The number of rotatable bonds is 9. The molecule has 0 radical (unpaired) electrons. The maximum absolute atomic E-state index is 12.7. The van der Waals surface area contributed by atoms with Crippen molar-refractivity contribution in [3.8, 4) is 16.9 Å². The Bertz CT molecular complexity index is 1630. The molecule has 0 saturated carbocycles. The van der Waals surface area contributed by atoms with Gasteiger partial charge in [0.15, 0.2) is 0 Å². The molecular weight excluding hydrogens is 524 g/mol. The number of carbonyl (C=O) groups is 1. The van der Waals surface area contributed by atoms with Crippen molar-refractivity contribution in [2.45, 2.75) is 17.9 Å².